The number of aryl methyl sites for hydroxylation is 1. The lowest BCUT2D eigenvalue weighted by Crippen LogP contribution is -2.55. The number of amides is 4. The Kier molecular flexibility index (Phi) is 7.65. The van der Waals surface area contributed by atoms with Crippen LogP contribution in [-0.2, 0) is 31.0 Å². The topological polar surface area (TPSA) is 116 Å². The molecule has 0 radical (unpaired) electrons. The zero-order valence-electron chi connectivity index (χ0n) is 28.2. The second-order valence-electron chi connectivity index (χ2n) is 14.4. The quantitative estimate of drug-likeness (QED) is 0.129. The van der Waals surface area contributed by atoms with E-state index < -0.39 is 40.9 Å². The van der Waals surface area contributed by atoms with Gasteiger partial charge in [0.25, 0.3) is 11.8 Å². The maximum absolute atomic E-state index is 15.4. The maximum atomic E-state index is 15.4. The summed E-state index contributed by atoms with van der Waals surface area (Å²) in [7, 11) is 0. The number of anilines is 2. The van der Waals surface area contributed by atoms with Crippen molar-refractivity contribution in [1.29, 1.82) is 0 Å². The van der Waals surface area contributed by atoms with Gasteiger partial charge < -0.3 is 9.84 Å². The number of ether oxygens (including phenoxy) is 1. The van der Waals surface area contributed by atoms with Gasteiger partial charge in [-0.2, -0.15) is 5.01 Å². The molecule has 0 bridgehead atoms. The molecule has 0 spiro atoms. The first-order valence-corrected chi connectivity index (χ1v) is 18.5. The molecule has 4 aromatic rings. The number of aromatic hydroxyl groups is 1. The first-order valence-electron chi connectivity index (χ1n) is 17.4. The number of nitrogens with one attached hydrogen (secondary N) is 1. The zero-order valence-corrected chi connectivity index (χ0v) is 30.3. The maximum Gasteiger partial charge on any atom is 0.260 e. The number of carbonyl (C=O) groups is 4. The molecule has 3 fully saturated rings. The van der Waals surface area contributed by atoms with E-state index in [1.165, 1.54) is 4.90 Å². The van der Waals surface area contributed by atoms with Crippen molar-refractivity contribution in [2.24, 2.45) is 29.6 Å². The second kappa shape index (κ2) is 12.2. The molecule has 3 heterocycles. The molecule has 4 amide bonds. The number of hydrogen-bond donors (Lipinski definition) is 2. The molecule has 9 rings (SSSR count). The zero-order chi connectivity index (χ0) is 35.9. The molecule has 6 unspecified atom stereocenters. The molecule has 52 heavy (non-hydrogen) atoms. The van der Waals surface area contributed by atoms with Gasteiger partial charge in [-0.1, -0.05) is 59.7 Å². The van der Waals surface area contributed by atoms with E-state index in [0.29, 0.717) is 35.5 Å². The van der Waals surface area contributed by atoms with E-state index in [1.807, 2.05) is 79.7 Å². The number of hydrazine groups is 1. The summed E-state index contributed by atoms with van der Waals surface area (Å²) in [6, 6.07) is 29.2. The number of phenols is 1. The third kappa shape index (κ3) is 4.79. The van der Waals surface area contributed by atoms with Crippen molar-refractivity contribution < 1.29 is 29.0 Å². The van der Waals surface area contributed by atoms with Crippen LogP contribution in [0.2, 0.25) is 0 Å². The summed E-state index contributed by atoms with van der Waals surface area (Å²) < 4.78 is 7.19. The lowest BCUT2D eigenvalue weighted by Gasteiger charge is -2.51. The SMILES string of the molecule is Cc1ccc(NN2C(=O)C3CC4C(=CCC5C(=O)N(c6ccc(I)cc6)C(=O)C54)C(C4=COc5ccc(O)cc5C4)C3(c3ccccc3)C2=O)cc1. The third-order valence-electron chi connectivity index (χ3n) is 11.6. The molecule has 5 aliphatic rings. The normalized spacial score (nSPS) is 27.6. The van der Waals surface area contributed by atoms with Crippen LogP contribution in [0, 0.1) is 40.1 Å². The highest BCUT2D eigenvalue weighted by molar-refractivity contribution is 14.1. The van der Waals surface area contributed by atoms with Crippen LogP contribution in [0.15, 0.2) is 121 Å². The van der Waals surface area contributed by atoms with Crippen LogP contribution in [0.3, 0.4) is 0 Å². The van der Waals surface area contributed by atoms with Crippen molar-refractivity contribution in [3.63, 3.8) is 0 Å². The van der Waals surface area contributed by atoms with Gasteiger partial charge >= 0.3 is 0 Å². The Bertz CT molecular complexity index is 2230. The minimum atomic E-state index is -1.39. The highest BCUT2D eigenvalue weighted by Gasteiger charge is 2.70. The minimum absolute atomic E-state index is 0.0897. The van der Waals surface area contributed by atoms with Gasteiger partial charge in [-0.25, -0.2) is 0 Å². The molecule has 6 atom stereocenters. The minimum Gasteiger partial charge on any atom is -0.508 e. The number of phenolic OH excluding ortho intramolecular Hbond substituents is 1. The Morgan fingerprint density at radius 2 is 1.62 bits per heavy atom. The van der Waals surface area contributed by atoms with Gasteiger partial charge in [-0.3, -0.25) is 29.5 Å². The summed E-state index contributed by atoms with van der Waals surface area (Å²) in [4.78, 5) is 60.1. The van der Waals surface area contributed by atoms with Crippen LogP contribution < -0.4 is 15.1 Å². The van der Waals surface area contributed by atoms with Crippen LogP contribution in [0.1, 0.15) is 29.5 Å². The molecule has 0 aromatic heterocycles. The molecule has 10 heteroatoms. The molecule has 9 nitrogen and oxygen atoms in total. The van der Waals surface area contributed by atoms with Crippen molar-refractivity contribution in [2.75, 3.05) is 10.3 Å². The van der Waals surface area contributed by atoms with Crippen LogP contribution in [-0.4, -0.2) is 33.7 Å². The van der Waals surface area contributed by atoms with Crippen LogP contribution in [0.5, 0.6) is 11.5 Å². The van der Waals surface area contributed by atoms with Gasteiger partial charge in [0.05, 0.1) is 40.8 Å². The average Bonchev–Trinajstić information content (AvgIpc) is 3.53. The fourth-order valence-electron chi connectivity index (χ4n) is 9.41. The third-order valence-corrected chi connectivity index (χ3v) is 12.3. The van der Waals surface area contributed by atoms with Gasteiger partial charge in [0, 0.05) is 21.5 Å². The van der Waals surface area contributed by atoms with E-state index in [2.05, 4.69) is 28.0 Å². The molecule has 2 saturated heterocycles. The van der Waals surface area contributed by atoms with Crippen LogP contribution >= 0.6 is 22.6 Å². The molecular weight excluding hydrogens is 769 g/mol. The number of halogens is 1. The van der Waals surface area contributed by atoms with Gasteiger partial charge in [-0.05, 0) is 114 Å². The summed E-state index contributed by atoms with van der Waals surface area (Å²) in [5.74, 6) is -3.96. The Morgan fingerprint density at radius 3 is 2.37 bits per heavy atom. The standard InChI is InChI=1S/C42H34IN3O6/c1-23-7-11-28(12-8-23)44-46-39(49)34-21-33-31(16-17-32-36(33)40(50)45(38(32)48)29-13-9-27(43)10-14-29)37(42(34,41(46)51)26-5-3-2-4-6-26)25-19-24-20-30(47)15-18-35(24)52-22-25/h2-16,18,20,22,32-34,36-37,44,47H,17,19,21H2,1H3. The Morgan fingerprint density at radius 1 is 0.865 bits per heavy atom. The van der Waals surface area contributed by atoms with Crippen LogP contribution in [0.4, 0.5) is 11.4 Å². The van der Waals surface area contributed by atoms with E-state index in [-0.39, 0.29) is 29.9 Å². The smallest absolute Gasteiger partial charge is 0.260 e. The summed E-state index contributed by atoms with van der Waals surface area (Å²) in [5, 5.41) is 11.6. The Hall–Kier alpha value is -5.23. The fraction of sp³-hybridized carbons (Fsp3) is 0.238. The number of benzene rings is 4. The highest BCUT2D eigenvalue weighted by atomic mass is 127. The predicted molar refractivity (Wildman–Crippen MR) is 202 cm³/mol. The number of fused-ring (bicyclic) bond motifs is 5. The van der Waals surface area contributed by atoms with Crippen molar-refractivity contribution in [1.82, 2.24) is 5.01 Å². The van der Waals surface area contributed by atoms with E-state index in [0.717, 1.165) is 30.9 Å². The van der Waals surface area contributed by atoms with Gasteiger partial charge in [0.1, 0.15) is 11.5 Å². The molecule has 2 aliphatic carbocycles. The van der Waals surface area contributed by atoms with E-state index >= 15 is 4.79 Å². The van der Waals surface area contributed by atoms with E-state index in [1.54, 1.807) is 36.6 Å². The summed E-state index contributed by atoms with van der Waals surface area (Å²) in [6.45, 7) is 1.97. The fourth-order valence-corrected chi connectivity index (χ4v) is 9.77. The number of hydrogen-bond acceptors (Lipinski definition) is 7. The largest absolute Gasteiger partial charge is 0.508 e. The van der Waals surface area contributed by atoms with Crippen molar-refractivity contribution >= 4 is 57.6 Å². The Balaban J connectivity index is 1.22. The lowest BCUT2D eigenvalue weighted by atomic mass is 9.48. The van der Waals surface area contributed by atoms with Crippen molar-refractivity contribution in [3.05, 3.63) is 141 Å². The lowest BCUT2D eigenvalue weighted by molar-refractivity contribution is -0.139. The van der Waals surface area contributed by atoms with Crippen LogP contribution in [0.25, 0.3) is 0 Å². The molecular formula is C42H34IN3O6. The molecule has 2 N–H and O–H groups in total. The number of allylic oxidation sites excluding steroid dienone is 3. The number of imide groups is 2. The first-order chi connectivity index (χ1) is 25.2. The average molecular weight is 804 g/mol. The predicted octanol–water partition coefficient (Wildman–Crippen LogP) is 6.85. The summed E-state index contributed by atoms with van der Waals surface area (Å²) in [6.07, 6.45) is 4.61. The number of rotatable bonds is 5. The molecule has 1 saturated carbocycles. The first kappa shape index (κ1) is 32.7. The van der Waals surface area contributed by atoms with E-state index in [9.17, 15) is 19.5 Å². The molecule has 3 aliphatic heterocycles. The second-order valence-corrected chi connectivity index (χ2v) is 15.6. The van der Waals surface area contributed by atoms with Crippen molar-refractivity contribution in [3.8, 4) is 11.5 Å². The number of nitrogens with zero attached hydrogens (tertiary/aromatic N) is 2. The number of carbonyl (C=O) groups excluding carboxylic acids is 4. The monoisotopic (exact) mass is 803 g/mol. The van der Waals surface area contributed by atoms with Crippen molar-refractivity contribution in [2.45, 2.75) is 31.6 Å². The van der Waals surface area contributed by atoms with Gasteiger partial charge in [0.2, 0.25) is 11.8 Å². The van der Waals surface area contributed by atoms with E-state index in [4.69, 9.17) is 4.74 Å². The van der Waals surface area contributed by atoms with Gasteiger partial charge in [-0.15, -0.1) is 0 Å². The summed E-state index contributed by atoms with van der Waals surface area (Å²) in [5.41, 5.74) is 6.96. The van der Waals surface area contributed by atoms with Gasteiger partial charge in [0.15, 0.2) is 0 Å². The summed E-state index contributed by atoms with van der Waals surface area (Å²) >= 11 is 2.19. The molecule has 4 aromatic carbocycles. The molecule has 260 valence electrons. The Labute approximate surface area is 314 Å². The highest BCUT2D eigenvalue weighted by Crippen LogP contribution is 2.63.